The van der Waals surface area contributed by atoms with E-state index in [0.29, 0.717) is 6.61 Å². The highest BCUT2D eigenvalue weighted by Crippen LogP contribution is 2.32. The molecule has 1 unspecified atom stereocenters. The average Bonchev–Trinajstić information content (AvgIpc) is 3.22. The fourth-order valence-electron chi connectivity index (χ4n) is 2.94. The summed E-state index contributed by atoms with van der Waals surface area (Å²) >= 11 is 0. The quantitative estimate of drug-likeness (QED) is 0.740. The van der Waals surface area contributed by atoms with E-state index in [9.17, 15) is 0 Å². The molecule has 4 rings (SSSR count). The molecule has 0 spiro atoms. The number of hydroxylamine groups is 1. The number of amidine groups is 1. The fourth-order valence-corrected chi connectivity index (χ4v) is 2.94. The summed E-state index contributed by atoms with van der Waals surface area (Å²) in [6.07, 6.45) is 2.63. The van der Waals surface area contributed by atoms with E-state index in [1.165, 1.54) is 5.39 Å². The van der Waals surface area contributed by atoms with Crippen molar-refractivity contribution in [1.82, 2.24) is 5.48 Å². The second-order valence-electron chi connectivity index (χ2n) is 5.75. The summed E-state index contributed by atoms with van der Waals surface area (Å²) in [7, 11) is 0. The summed E-state index contributed by atoms with van der Waals surface area (Å²) in [6.45, 7) is 1.25. The Balaban J connectivity index is 1.35. The number of nitrogens with one attached hydrogen (secondary N) is 1. The lowest BCUT2D eigenvalue weighted by Gasteiger charge is -2.08. The molecule has 1 aromatic heterocycles. The predicted octanol–water partition coefficient (Wildman–Crippen LogP) is 4.04. The minimum atomic E-state index is 0.276. The van der Waals surface area contributed by atoms with E-state index in [-0.39, 0.29) is 5.92 Å². The molecule has 116 valence electrons. The van der Waals surface area contributed by atoms with Crippen molar-refractivity contribution in [3.05, 3.63) is 72.2 Å². The standard InChI is InChI=1S/C19H18N2O2/c1-2-6-14(7-3-1)12-23-21-18-10-16(11-20-18)19-17-9-5-4-8-15(17)13-22-19/h1-9,13,16H,10-12H2,(H,20,21). The largest absolute Gasteiger partial charge is 0.468 e. The molecule has 0 aliphatic carbocycles. The van der Waals surface area contributed by atoms with Crippen molar-refractivity contribution in [3.63, 3.8) is 0 Å². The van der Waals surface area contributed by atoms with Crippen molar-refractivity contribution in [2.75, 3.05) is 6.54 Å². The molecule has 3 aromatic rings. The van der Waals surface area contributed by atoms with Gasteiger partial charge in [-0.1, -0.05) is 54.6 Å². The zero-order chi connectivity index (χ0) is 15.5. The zero-order valence-corrected chi connectivity index (χ0v) is 12.7. The summed E-state index contributed by atoms with van der Waals surface area (Å²) in [5, 5.41) is 2.32. The van der Waals surface area contributed by atoms with Crippen molar-refractivity contribution < 1.29 is 9.25 Å². The summed E-state index contributed by atoms with van der Waals surface area (Å²) in [6, 6.07) is 18.3. The SMILES string of the molecule is c1ccc(CONC2=NCC(c3occ4ccccc34)C2)cc1. The van der Waals surface area contributed by atoms with Crippen LogP contribution in [0.5, 0.6) is 0 Å². The number of nitrogens with zero attached hydrogens (tertiary/aromatic N) is 1. The smallest absolute Gasteiger partial charge is 0.121 e. The first-order chi connectivity index (χ1) is 11.4. The third-order valence-electron chi connectivity index (χ3n) is 4.12. The lowest BCUT2D eigenvalue weighted by Crippen LogP contribution is -2.22. The van der Waals surface area contributed by atoms with Crippen LogP contribution in [0.2, 0.25) is 0 Å². The van der Waals surface area contributed by atoms with Crippen LogP contribution in [0.3, 0.4) is 0 Å². The Kier molecular flexibility index (Phi) is 3.82. The van der Waals surface area contributed by atoms with Crippen molar-refractivity contribution in [3.8, 4) is 0 Å². The highest BCUT2D eigenvalue weighted by molar-refractivity contribution is 5.87. The van der Waals surface area contributed by atoms with Crippen LogP contribution in [0.25, 0.3) is 10.8 Å². The molecule has 2 heterocycles. The van der Waals surface area contributed by atoms with Crippen LogP contribution >= 0.6 is 0 Å². The molecule has 23 heavy (non-hydrogen) atoms. The van der Waals surface area contributed by atoms with Gasteiger partial charge in [-0.15, -0.1) is 0 Å². The third kappa shape index (κ3) is 2.98. The maximum atomic E-state index is 5.78. The second kappa shape index (κ2) is 6.26. The number of hydrogen-bond acceptors (Lipinski definition) is 4. The molecule has 1 N–H and O–H groups in total. The summed E-state index contributed by atoms with van der Waals surface area (Å²) in [5.74, 6) is 2.17. The molecule has 0 radical (unpaired) electrons. The van der Waals surface area contributed by atoms with Gasteiger partial charge in [0.1, 0.15) is 11.6 Å². The maximum absolute atomic E-state index is 5.78. The number of benzene rings is 2. The molecule has 4 heteroatoms. The van der Waals surface area contributed by atoms with Gasteiger partial charge in [-0.25, -0.2) is 0 Å². The predicted molar refractivity (Wildman–Crippen MR) is 90.2 cm³/mol. The van der Waals surface area contributed by atoms with E-state index in [1.54, 1.807) is 0 Å². The van der Waals surface area contributed by atoms with Crippen molar-refractivity contribution in [2.45, 2.75) is 18.9 Å². The zero-order valence-electron chi connectivity index (χ0n) is 12.7. The van der Waals surface area contributed by atoms with Gasteiger partial charge in [-0.3, -0.25) is 15.3 Å². The molecule has 0 saturated heterocycles. The minimum absolute atomic E-state index is 0.276. The van der Waals surface area contributed by atoms with E-state index in [4.69, 9.17) is 9.25 Å². The van der Waals surface area contributed by atoms with Gasteiger partial charge in [0.2, 0.25) is 0 Å². The molecular formula is C19H18N2O2. The van der Waals surface area contributed by atoms with Gasteiger partial charge in [0.25, 0.3) is 0 Å². The van der Waals surface area contributed by atoms with Gasteiger partial charge in [0, 0.05) is 23.1 Å². The summed E-state index contributed by atoms with van der Waals surface area (Å²) < 4.78 is 5.78. The van der Waals surface area contributed by atoms with E-state index in [1.807, 2.05) is 48.7 Å². The topological polar surface area (TPSA) is 46.8 Å². The van der Waals surface area contributed by atoms with Crippen LogP contribution in [0.4, 0.5) is 0 Å². The van der Waals surface area contributed by atoms with E-state index in [2.05, 4.69) is 22.6 Å². The second-order valence-corrected chi connectivity index (χ2v) is 5.75. The summed E-state index contributed by atoms with van der Waals surface area (Å²) in [4.78, 5) is 10.1. The van der Waals surface area contributed by atoms with Gasteiger partial charge in [0.15, 0.2) is 0 Å². The van der Waals surface area contributed by atoms with Gasteiger partial charge in [-0.2, -0.15) is 0 Å². The molecule has 2 aromatic carbocycles. The van der Waals surface area contributed by atoms with Crippen molar-refractivity contribution in [1.29, 1.82) is 0 Å². The first-order valence-corrected chi connectivity index (χ1v) is 7.81. The maximum Gasteiger partial charge on any atom is 0.121 e. The third-order valence-corrected chi connectivity index (χ3v) is 4.12. The molecule has 1 aliphatic heterocycles. The molecular weight excluding hydrogens is 288 g/mol. The van der Waals surface area contributed by atoms with Crippen molar-refractivity contribution in [2.24, 2.45) is 4.99 Å². The lowest BCUT2D eigenvalue weighted by atomic mass is 10.0. The van der Waals surface area contributed by atoms with E-state index >= 15 is 0 Å². The van der Waals surface area contributed by atoms with E-state index in [0.717, 1.165) is 35.5 Å². The number of furan rings is 1. The lowest BCUT2D eigenvalue weighted by molar-refractivity contribution is 0.0701. The summed E-state index contributed by atoms with van der Waals surface area (Å²) in [5.41, 5.74) is 4.11. The van der Waals surface area contributed by atoms with Crippen LogP contribution in [0, 0.1) is 0 Å². The Hall–Kier alpha value is -2.59. The molecule has 0 bridgehead atoms. The first-order valence-electron chi connectivity index (χ1n) is 7.81. The Labute approximate surface area is 134 Å². The highest BCUT2D eigenvalue weighted by atomic mass is 16.6. The van der Waals surface area contributed by atoms with Gasteiger partial charge < -0.3 is 4.42 Å². The Bertz CT molecular complexity index is 824. The molecule has 1 aliphatic rings. The van der Waals surface area contributed by atoms with Crippen LogP contribution in [0.1, 0.15) is 23.7 Å². The molecule has 4 nitrogen and oxygen atoms in total. The van der Waals surface area contributed by atoms with Crippen molar-refractivity contribution >= 4 is 16.6 Å². The monoisotopic (exact) mass is 306 g/mol. The number of fused-ring (bicyclic) bond motifs is 1. The molecule has 1 atom stereocenters. The number of hydrogen-bond donors (Lipinski definition) is 1. The molecule has 0 amide bonds. The minimum Gasteiger partial charge on any atom is -0.468 e. The number of aliphatic imine (C=N–C) groups is 1. The first kappa shape index (κ1) is 14.0. The van der Waals surface area contributed by atoms with Gasteiger partial charge >= 0.3 is 0 Å². The van der Waals surface area contributed by atoms with Gasteiger partial charge in [-0.05, 0) is 5.56 Å². The molecule has 0 saturated carbocycles. The average molecular weight is 306 g/mol. The van der Waals surface area contributed by atoms with Gasteiger partial charge in [0.05, 0.1) is 19.4 Å². The van der Waals surface area contributed by atoms with Crippen LogP contribution < -0.4 is 5.48 Å². The van der Waals surface area contributed by atoms with Crippen LogP contribution in [-0.4, -0.2) is 12.4 Å². The Morgan fingerprint density at radius 1 is 1.09 bits per heavy atom. The number of rotatable bonds is 4. The fraction of sp³-hybridized carbons (Fsp3) is 0.211. The normalized spacial score (nSPS) is 17.4. The Morgan fingerprint density at radius 3 is 2.83 bits per heavy atom. The highest BCUT2D eigenvalue weighted by Gasteiger charge is 2.25. The molecule has 0 fully saturated rings. The van der Waals surface area contributed by atoms with Crippen LogP contribution in [0.15, 0.2) is 70.3 Å². The van der Waals surface area contributed by atoms with E-state index < -0.39 is 0 Å². The Morgan fingerprint density at radius 2 is 1.91 bits per heavy atom. The van der Waals surface area contributed by atoms with Crippen LogP contribution in [-0.2, 0) is 11.4 Å².